The van der Waals surface area contributed by atoms with E-state index in [2.05, 4.69) is 10.2 Å². The Kier molecular flexibility index (Phi) is 3.34. The molecule has 15 heavy (non-hydrogen) atoms. The van der Waals surface area contributed by atoms with Crippen molar-refractivity contribution in [1.29, 1.82) is 0 Å². The van der Waals surface area contributed by atoms with E-state index in [0.29, 0.717) is 5.88 Å². The highest BCUT2D eigenvalue weighted by atomic mass is 16.6. The maximum Gasteiger partial charge on any atom is 0.416 e. The minimum Gasteiger partial charge on any atom is -0.389 e. The van der Waals surface area contributed by atoms with E-state index in [-0.39, 0.29) is 5.92 Å². The van der Waals surface area contributed by atoms with Gasteiger partial charge in [0.15, 0.2) is 0 Å². The monoisotopic (exact) mass is 211 g/mol. The summed E-state index contributed by atoms with van der Waals surface area (Å²) >= 11 is 0. The van der Waals surface area contributed by atoms with Crippen molar-refractivity contribution in [1.82, 2.24) is 15.1 Å². The summed E-state index contributed by atoms with van der Waals surface area (Å²) in [6, 6.07) is 0. The number of carbonyl (C=O) groups is 1. The maximum absolute atomic E-state index is 11.3. The van der Waals surface area contributed by atoms with Gasteiger partial charge >= 0.3 is 6.09 Å². The summed E-state index contributed by atoms with van der Waals surface area (Å²) < 4.78 is 5.13. The summed E-state index contributed by atoms with van der Waals surface area (Å²) in [5.74, 6) is 0.648. The molecule has 0 fully saturated rings. The van der Waals surface area contributed by atoms with Gasteiger partial charge in [0.25, 0.3) is 0 Å². The zero-order chi connectivity index (χ0) is 11.6. The van der Waals surface area contributed by atoms with Gasteiger partial charge in [-0.25, -0.2) is 4.79 Å². The summed E-state index contributed by atoms with van der Waals surface area (Å²) in [6.07, 6.45) is -0.414. The quantitative estimate of drug-likeness (QED) is 0.812. The van der Waals surface area contributed by atoms with Crippen LogP contribution in [0.5, 0.6) is 5.88 Å². The number of aryl methyl sites for hydroxylation is 1. The first-order valence-electron chi connectivity index (χ1n) is 4.87. The van der Waals surface area contributed by atoms with E-state index in [0.717, 1.165) is 11.3 Å². The third kappa shape index (κ3) is 2.49. The molecule has 5 nitrogen and oxygen atoms in total. The lowest BCUT2D eigenvalue weighted by Gasteiger charge is -2.11. The van der Waals surface area contributed by atoms with E-state index in [1.54, 1.807) is 14.1 Å². The normalized spacial score (nSPS) is 10.5. The number of hydrogen-bond donors (Lipinski definition) is 1. The van der Waals surface area contributed by atoms with Gasteiger partial charge < -0.3 is 9.64 Å². The first kappa shape index (κ1) is 11.6. The average molecular weight is 211 g/mol. The Morgan fingerprint density at radius 2 is 2.07 bits per heavy atom. The van der Waals surface area contributed by atoms with E-state index in [9.17, 15) is 4.79 Å². The highest BCUT2D eigenvalue weighted by molar-refractivity contribution is 5.70. The second-order valence-corrected chi connectivity index (χ2v) is 3.98. The number of ether oxygens (including phenoxy) is 1. The molecule has 0 unspecified atom stereocenters. The third-order valence-electron chi connectivity index (χ3n) is 2.09. The van der Waals surface area contributed by atoms with E-state index in [1.807, 2.05) is 20.8 Å². The lowest BCUT2D eigenvalue weighted by Crippen LogP contribution is -2.25. The number of nitrogens with zero attached hydrogens (tertiary/aromatic N) is 2. The van der Waals surface area contributed by atoms with Crippen molar-refractivity contribution in [2.45, 2.75) is 26.7 Å². The van der Waals surface area contributed by atoms with Crippen LogP contribution < -0.4 is 4.74 Å². The van der Waals surface area contributed by atoms with Crippen molar-refractivity contribution < 1.29 is 9.53 Å². The van der Waals surface area contributed by atoms with E-state index < -0.39 is 6.09 Å². The smallest absolute Gasteiger partial charge is 0.389 e. The fourth-order valence-electron chi connectivity index (χ4n) is 1.35. The Morgan fingerprint density at radius 1 is 1.47 bits per heavy atom. The predicted molar refractivity (Wildman–Crippen MR) is 57.1 cm³/mol. The Labute approximate surface area is 89.4 Å². The predicted octanol–water partition coefficient (Wildman–Crippen LogP) is 1.90. The van der Waals surface area contributed by atoms with Gasteiger partial charge in [-0.2, -0.15) is 0 Å². The van der Waals surface area contributed by atoms with Crippen molar-refractivity contribution in [3.8, 4) is 5.88 Å². The lowest BCUT2D eigenvalue weighted by molar-refractivity contribution is 0.169. The molecule has 1 amide bonds. The molecular weight excluding hydrogens is 194 g/mol. The van der Waals surface area contributed by atoms with Crippen LogP contribution in [0.25, 0.3) is 0 Å². The highest BCUT2D eigenvalue weighted by Crippen LogP contribution is 2.27. The highest BCUT2D eigenvalue weighted by Gasteiger charge is 2.18. The van der Waals surface area contributed by atoms with Crippen molar-refractivity contribution in [3.63, 3.8) is 0 Å². The molecule has 0 aliphatic heterocycles. The zero-order valence-electron chi connectivity index (χ0n) is 9.79. The zero-order valence-corrected chi connectivity index (χ0v) is 9.79. The van der Waals surface area contributed by atoms with Gasteiger partial charge in [-0.15, -0.1) is 5.10 Å². The van der Waals surface area contributed by atoms with Gasteiger partial charge in [0.05, 0.1) is 0 Å². The molecule has 1 aromatic rings. The van der Waals surface area contributed by atoms with E-state index in [4.69, 9.17) is 4.74 Å². The van der Waals surface area contributed by atoms with Gasteiger partial charge in [-0.1, -0.05) is 13.8 Å². The van der Waals surface area contributed by atoms with Gasteiger partial charge in [0.1, 0.15) is 0 Å². The van der Waals surface area contributed by atoms with Gasteiger partial charge in [-0.3, -0.25) is 5.10 Å². The summed E-state index contributed by atoms with van der Waals surface area (Å²) in [5.41, 5.74) is 1.89. The van der Waals surface area contributed by atoms with Crippen LogP contribution in [0.4, 0.5) is 4.79 Å². The second-order valence-electron chi connectivity index (χ2n) is 3.98. The van der Waals surface area contributed by atoms with Crippen LogP contribution in [0.1, 0.15) is 31.0 Å². The summed E-state index contributed by atoms with van der Waals surface area (Å²) in [4.78, 5) is 12.7. The molecule has 0 aromatic carbocycles. The van der Waals surface area contributed by atoms with Gasteiger partial charge in [0, 0.05) is 25.4 Å². The standard InChI is InChI=1S/C10H17N3O2/c1-6(2)8-7(3)11-12-9(8)15-10(14)13(4)5/h6H,1-5H3,(H,11,12). The fourth-order valence-corrected chi connectivity index (χ4v) is 1.35. The van der Waals surface area contributed by atoms with Crippen LogP contribution in [0.15, 0.2) is 0 Å². The first-order chi connectivity index (χ1) is 6.93. The van der Waals surface area contributed by atoms with Crippen LogP contribution in [0.3, 0.4) is 0 Å². The Hall–Kier alpha value is -1.52. The lowest BCUT2D eigenvalue weighted by atomic mass is 10.0. The summed E-state index contributed by atoms with van der Waals surface area (Å²) in [5, 5.41) is 6.78. The molecule has 1 N–H and O–H groups in total. The van der Waals surface area contributed by atoms with Crippen LogP contribution in [-0.4, -0.2) is 35.3 Å². The van der Waals surface area contributed by atoms with Crippen LogP contribution in [-0.2, 0) is 0 Å². The van der Waals surface area contributed by atoms with Crippen molar-refractivity contribution >= 4 is 6.09 Å². The molecule has 0 aliphatic carbocycles. The maximum atomic E-state index is 11.3. The Bertz CT molecular complexity index is 356. The minimum absolute atomic E-state index is 0.272. The Morgan fingerprint density at radius 3 is 2.53 bits per heavy atom. The molecule has 0 aliphatic rings. The van der Waals surface area contributed by atoms with Gasteiger partial charge in [-0.05, 0) is 12.8 Å². The number of aromatic amines is 1. The number of aromatic nitrogens is 2. The molecule has 1 aromatic heterocycles. The molecule has 1 rings (SSSR count). The van der Waals surface area contributed by atoms with Crippen molar-refractivity contribution in [2.24, 2.45) is 0 Å². The Balaban J connectivity index is 2.91. The molecule has 0 saturated carbocycles. The summed E-state index contributed by atoms with van der Waals surface area (Å²) in [7, 11) is 3.27. The van der Waals surface area contributed by atoms with Crippen molar-refractivity contribution in [2.75, 3.05) is 14.1 Å². The number of H-pyrrole nitrogens is 1. The fraction of sp³-hybridized carbons (Fsp3) is 0.600. The molecule has 0 atom stereocenters. The third-order valence-corrected chi connectivity index (χ3v) is 2.09. The van der Waals surface area contributed by atoms with Crippen LogP contribution in [0, 0.1) is 6.92 Å². The first-order valence-corrected chi connectivity index (χ1v) is 4.87. The SMILES string of the molecule is Cc1[nH]nc(OC(=O)N(C)C)c1C(C)C. The number of carbonyl (C=O) groups excluding carboxylic acids is 1. The van der Waals surface area contributed by atoms with Gasteiger partial charge in [0.2, 0.25) is 5.88 Å². The average Bonchev–Trinajstić information content (AvgIpc) is 2.46. The van der Waals surface area contributed by atoms with E-state index in [1.165, 1.54) is 4.90 Å². The van der Waals surface area contributed by atoms with Crippen LogP contribution >= 0.6 is 0 Å². The molecule has 1 heterocycles. The molecule has 5 heteroatoms. The topological polar surface area (TPSA) is 58.2 Å². The summed E-state index contributed by atoms with van der Waals surface area (Å²) in [6.45, 7) is 5.98. The molecular formula is C10H17N3O2. The number of amides is 1. The molecule has 0 spiro atoms. The number of nitrogens with one attached hydrogen (secondary N) is 1. The second kappa shape index (κ2) is 4.33. The largest absolute Gasteiger partial charge is 0.416 e. The molecule has 0 bridgehead atoms. The van der Waals surface area contributed by atoms with Crippen molar-refractivity contribution in [3.05, 3.63) is 11.3 Å². The number of hydrogen-bond acceptors (Lipinski definition) is 3. The van der Waals surface area contributed by atoms with Crippen LogP contribution in [0.2, 0.25) is 0 Å². The molecule has 0 radical (unpaired) electrons. The number of rotatable bonds is 2. The van der Waals surface area contributed by atoms with E-state index >= 15 is 0 Å². The minimum atomic E-state index is -0.414. The molecule has 84 valence electrons. The molecule has 0 saturated heterocycles.